The van der Waals surface area contributed by atoms with E-state index in [4.69, 9.17) is 33.7 Å². The lowest BCUT2D eigenvalue weighted by Gasteiger charge is -2.32. The summed E-state index contributed by atoms with van der Waals surface area (Å²) in [6.45, 7) is 1.71. The lowest BCUT2D eigenvalue weighted by atomic mass is 10.1. The molecule has 1 atom stereocenters. The minimum Gasteiger partial charge on any atom is -0.478 e. The van der Waals surface area contributed by atoms with Gasteiger partial charge >= 0.3 is 12.0 Å². The van der Waals surface area contributed by atoms with E-state index in [1.54, 1.807) is 17.0 Å². The molecule has 39 heavy (non-hydrogen) atoms. The fourth-order valence-corrected chi connectivity index (χ4v) is 5.13. The van der Waals surface area contributed by atoms with Crippen LogP contribution in [-0.4, -0.2) is 74.0 Å². The number of morpholine rings is 1. The molecule has 13 nitrogen and oxygen atoms in total. The van der Waals surface area contributed by atoms with Gasteiger partial charge in [-0.25, -0.2) is 24.2 Å². The predicted molar refractivity (Wildman–Crippen MR) is 145 cm³/mol. The molecule has 5 N–H and O–H groups in total. The minimum atomic E-state index is -1.20. The monoisotopic (exact) mass is 590 g/mol. The Labute approximate surface area is 234 Å². The second-order valence-corrected chi connectivity index (χ2v) is 10.2. The number of carboxylic acids is 1. The average molecular weight is 591 g/mol. The number of amides is 3. The summed E-state index contributed by atoms with van der Waals surface area (Å²) in [6, 6.07) is 5.46. The van der Waals surface area contributed by atoms with Crippen molar-refractivity contribution >= 4 is 74.3 Å². The number of aromatic nitrogens is 4. The van der Waals surface area contributed by atoms with Crippen molar-refractivity contribution in [3.63, 3.8) is 0 Å². The summed E-state index contributed by atoms with van der Waals surface area (Å²) in [5.41, 5.74) is 6.52. The number of halogens is 2. The molecule has 0 saturated carbocycles. The molecule has 0 radical (unpaired) electrons. The molecule has 0 spiro atoms. The molecule has 3 aromatic heterocycles. The molecular formula is C23H20Cl2N8O5S. The van der Waals surface area contributed by atoms with Crippen LogP contribution in [0.4, 0.5) is 15.6 Å². The number of nitrogens with two attached hydrogens (primary N) is 1. The van der Waals surface area contributed by atoms with Gasteiger partial charge in [-0.15, -0.1) is 0 Å². The van der Waals surface area contributed by atoms with Crippen molar-refractivity contribution in [3.8, 4) is 10.6 Å². The molecule has 5 rings (SSSR count). The number of benzene rings is 1. The van der Waals surface area contributed by atoms with Crippen molar-refractivity contribution in [3.05, 3.63) is 52.3 Å². The number of nitrogens with zero attached hydrogens (tertiary/aromatic N) is 5. The molecule has 1 aliphatic heterocycles. The highest BCUT2D eigenvalue weighted by Gasteiger charge is 2.31. The van der Waals surface area contributed by atoms with E-state index < -0.39 is 24.1 Å². The number of urea groups is 1. The summed E-state index contributed by atoms with van der Waals surface area (Å²) < 4.78 is 6.69. The molecule has 1 aromatic carbocycles. The number of carboxylic acid groups (broad SMARTS) is 1. The third-order valence-electron chi connectivity index (χ3n) is 5.83. The Morgan fingerprint density at radius 1 is 1.10 bits per heavy atom. The first kappa shape index (κ1) is 26.8. The molecule has 1 fully saturated rings. The molecule has 16 heteroatoms. The predicted octanol–water partition coefficient (Wildman–Crippen LogP) is 3.52. The number of nitrogens with one attached hydrogen (secondary N) is 2. The Morgan fingerprint density at radius 2 is 1.87 bits per heavy atom. The molecule has 4 heterocycles. The number of anilines is 2. The van der Waals surface area contributed by atoms with Crippen LogP contribution in [0, 0.1) is 0 Å². The van der Waals surface area contributed by atoms with E-state index in [9.17, 15) is 19.5 Å². The highest BCUT2D eigenvalue weighted by atomic mass is 35.5. The van der Waals surface area contributed by atoms with Crippen molar-refractivity contribution in [1.82, 2.24) is 24.6 Å². The molecule has 0 bridgehead atoms. The van der Waals surface area contributed by atoms with Crippen molar-refractivity contribution in [2.24, 2.45) is 5.73 Å². The van der Waals surface area contributed by atoms with Gasteiger partial charge in [0.1, 0.15) is 0 Å². The summed E-state index contributed by atoms with van der Waals surface area (Å²) >= 11 is 13.0. The van der Waals surface area contributed by atoms with Crippen molar-refractivity contribution in [2.75, 3.05) is 36.9 Å². The molecule has 4 aromatic rings. The van der Waals surface area contributed by atoms with Gasteiger partial charge in [0.05, 0.1) is 51.0 Å². The number of primary amides is 1. The molecule has 3 amide bonds. The fourth-order valence-electron chi connectivity index (χ4n) is 4.06. The van der Waals surface area contributed by atoms with E-state index in [0.717, 1.165) is 11.3 Å². The van der Waals surface area contributed by atoms with Gasteiger partial charge in [-0.3, -0.25) is 15.0 Å². The number of carbonyl (C=O) groups is 3. The van der Waals surface area contributed by atoms with Crippen LogP contribution in [0.2, 0.25) is 10.0 Å². The van der Waals surface area contributed by atoms with Crippen LogP contribution in [0.1, 0.15) is 16.5 Å². The van der Waals surface area contributed by atoms with E-state index in [2.05, 4.69) is 25.7 Å². The summed E-state index contributed by atoms with van der Waals surface area (Å²) in [4.78, 5) is 48.1. The van der Waals surface area contributed by atoms with Crippen LogP contribution in [0.15, 0.2) is 36.7 Å². The Balaban J connectivity index is 1.45. The number of thiazole rings is 1. The maximum atomic E-state index is 12.5. The van der Waals surface area contributed by atoms with Gasteiger partial charge in [-0.1, -0.05) is 34.5 Å². The Bertz CT molecular complexity index is 1590. The van der Waals surface area contributed by atoms with Crippen molar-refractivity contribution in [1.29, 1.82) is 0 Å². The zero-order chi connectivity index (χ0) is 27.7. The van der Waals surface area contributed by atoms with Gasteiger partial charge in [-0.2, -0.15) is 5.10 Å². The van der Waals surface area contributed by atoms with Crippen LogP contribution < -0.4 is 16.4 Å². The molecule has 1 aliphatic rings. The van der Waals surface area contributed by atoms with Gasteiger partial charge in [0.2, 0.25) is 0 Å². The lowest BCUT2D eigenvalue weighted by molar-refractivity contribution is -0.129. The number of fused-ring (bicyclic) bond motifs is 1. The molecule has 202 valence electrons. The van der Waals surface area contributed by atoms with Crippen molar-refractivity contribution in [2.45, 2.75) is 6.17 Å². The average Bonchev–Trinajstić information content (AvgIpc) is 3.53. The lowest BCUT2D eigenvalue weighted by Crippen LogP contribution is -2.47. The topological polar surface area (TPSA) is 178 Å². The summed E-state index contributed by atoms with van der Waals surface area (Å²) in [6.07, 6.45) is 1.81. The summed E-state index contributed by atoms with van der Waals surface area (Å²) in [7, 11) is 0. The summed E-state index contributed by atoms with van der Waals surface area (Å²) in [5.74, 6) is -1.86. The van der Waals surface area contributed by atoms with E-state index in [-0.39, 0.29) is 32.4 Å². The van der Waals surface area contributed by atoms with Gasteiger partial charge in [0.25, 0.3) is 5.91 Å². The second-order valence-electron chi connectivity index (χ2n) is 8.35. The highest BCUT2D eigenvalue weighted by Crippen LogP contribution is 2.32. The van der Waals surface area contributed by atoms with E-state index >= 15 is 0 Å². The van der Waals surface area contributed by atoms with Gasteiger partial charge < -0.3 is 20.9 Å². The van der Waals surface area contributed by atoms with Gasteiger partial charge in [0.15, 0.2) is 16.9 Å². The first-order valence-corrected chi connectivity index (χ1v) is 13.0. The number of rotatable bonds is 7. The maximum absolute atomic E-state index is 12.5. The molecule has 1 unspecified atom stereocenters. The normalized spacial score (nSPS) is 14.7. The number of carbonyl (C=O) groups excluding carboxylic acids is 2. The van der Waals surface area contributed by atoms with Crippen LogP contribution in [0.3, 0.4) is 0 Å². The van der Waals surface area contributed by atoms with E-state index in [0.29, 0.717) is 41.9 Å². The number of pyridine rings is 1. The smallest absolute Gasteiger partial charge is 0.336 e. The second kappa shape index (κ2) is 11.1. The largest absolute Gasteiger partial charge is 0.478 e. The van der Waals surface area contributed by atoms with Gasteiger partial charge in [-0.05, 0) is 24.3 Å². The number of hydrogen-bond donors (Lipinski definition) is 4. The van der Waals surface area contributed by atoms with Crippen LogP contribution in [0.25, 0.3) is 21.6 Å². The van der Waals surface area contributed by atoms with Crippen LogP contribution in [0.5, 0.6) is 0 Å². The Hall–Kier alpha value is -3.82. The fraction of sp³-hybridized carbons (Fsp3) is 0.217. The molecule has 0 aliphatic carbocycles. The molecular weight excluding hydrogens is 571 g/mol. The molecule has 1 saturated heterocycles. The van der Waals surface area contributed by atoms with Gasteiger partial charge in [0, 0.05) is 25.0 Å². The van der Waals surface area contributed by atoms with Crippen LogP contribution >= 0.6 is 34.5 Å². The zero-order valence-electron chi connectivity index (χ0n) is 19.9. The highest BCUT2D eigenvalue weighted by molar-refractivity contribution is 7.19. The van der Waals surface area contributed by atoms with E-state index in [1.807, 2.05) is 0 Å². The quantitative estimate of drug-likeness (QED) is 0.250. The Morgan fingerprint density at radius 3 is 2.56 bits per heavy atom. The third-order valence-corrected chi connectivity index (χ3v) is 7.51. The first-order valence-electron chi connectivity index (χ1n) is 11.4. The SMILES string of the molecule is NC(=O)C(N1CCOCC1)n1ncc2c(C(=O)O)cc(-c3cnc(NC(=O)Nc4ccc(Cl)c(Cl)c4)s3)nc21. The number of hydrogen-bond acceptors (Lipinski definition) is 9. The van der Waals surface area contributed by atoms with Crippen molar-refractivity contribution < 1.29 is 24.2 Å². The Kier molecular flexibility index (Phi) is 7.63. The zero-order valence-corrected chi connectivity index (χ0v) is 22.3. The summed E-state index contributed by atoms with van der Waals surface area (Å²) in [5, 5.41) is 20.5. The number of ether oxygens (including phenoxy) is 1. The standard InChI is InChI=1S/C23H20Cl2N8O5S/c24-14-2-1-11(7-15(14)25)29-22(37)31-23-27-10-17(39-23)16-8-12(21(35)36)13-9-28-33(19(13)30-16)20(18(26)34)32-3-5-38-6-4-32/h1-2,7-10,20H,3-6H2,(H2,26,34)(H,35,36)(H2,27,29,31,37). The minimum absolute atomic E-state index is 0.0632. The van der Waals surface area contributed by atoms with E-state index in [1.165, 1.54) is 29.2 Å². The maximum Gasteiger partial charge on any atom is 0.336 e. The number of aromatic carboxylic acids is 1. The third kappa shape index (κ3) is 5.65. The first-order chi connectivity index (χ1) is 18.7. The van der Waals surface area contributed by atoms with Crippen LogP contribution in [-0.2, 0) is 9.53 Å².